The molecule has 6 heterocycles. The monoisotopic (exact) mass is 462 g/mol. The number of amides is 1. The van der Waals surface area contributed by atoms with Crippen molar-refractivity contribution in [1.82, 2.24) is 35.0 Å². The molecule has 0 radical (unpaired) electrons. The molecule has 0 aromatic carbocycles. The number of fused-ring (bicyclic) bond motifs is 3. The Bertz CT molecular complexity index is 1180. The minimum Gasteiger partial charge on any atom is -0.443 e. The number of ether oxygens (including phenoxy) is 1. The topological polar surface area (TPSA) is 110 Å². The lowest BCUT2D eigenvalue weighted by molar-refractivity contribution is 0.0194. The number of rotatable bonds is 5. The molecule has 0 spiro atoms. The Morgan fingerprint density at radius 2 is 1.97 bits per heavy atom. The molecule has 3 aromatic rings. The predicted molar refractivity (Wildman–Crippen MR) is 127 cm³/mol. The van der Waals surface area contributed by atoms with Gasteiger partial charge in [0.25, 0.3) is 0 Å². The average molecular weight is 463 g/mol. The summed E-state index contributed by atoms with van der Waals surface area (Å²) in [6.07, 6.45) is 9.03. The molecule has 0 aliphatic carbocycles. The van der Waals surface area contributed by atoms with E-state index >= 15 is 0 Å². The molecule has 2 N–H and O–H groups in total. The quantitative estimate of drug-likeness (QED) is 0.596. The lowest BCUT2D eigenvalue weighted by Gasteiger charge is -2.40. The van der Waals surface area contributed by atoms with Gasteiger partial charge in [-0.2, -0.15) is 19.8 Å². The Morgan fingerprint density at radius 3 is 2.62 bits per heavy atom. The maximum absolute atomic E-state index is 12.8. The SMILES string of the molecule is CC(C)c1cnn2c(NC3CC4CCC(C3)N4C(=O)OC3CNC3)cc(-c3ccnnc3)nc12. The standard InChI is InChI=1S/C24H30N8O2/c1-14(2)20-13-28-32-22(9-21(30-23(20)32)15-5-6-26-27-10-15)29-16-7-17-3-4-18(8-16)31(17)24(33)34-19-11-25-12-19/h5-6,9-10,13-14,16-19,25,29H,3-4,7-8,11-12H2,1-2H3. The molecule has 10 heteroatoms. The van der Waals surface area contributed by atoms with Gasteiger partial charge in [0, 0.05) is 48.4 Å². The van der Waals surface area contributed by atoms with Gasteiger partial charge < -0.3 is 20.3 Å². The fourth-order valence-corrected chi connectivity index (χ4v) is 5.43. The number of nitrogens with zero attached hydrogens (tertiary/aromatic N) is 6. The van der Waals surface area contributed by atoms with Gasteiger partial charge in [0.15, 0.2) is 5.65 Å². The third-order valence-electron chi connectivity index (χ3n) is 7.31. The summed E-state index contributed by atoms with van der Waals surface area (Å²) in [5, 5.41) is 19.5. The number of carbonyl (C=O) groups is 1. The van der Waals surface area contributed by atoms with E-state index < -0.39 is 0 Å². The molecule has 1 amide bonds. The smallest absolute Gasteiger partial charge is 0.410 e. The van der Waals surface area contributed by atoms with Crippen LogP contribution in [0.15, 0.2) is 30.7 Å². The highest BCUT2D eigenvalue weighted by Gasteiger charge is 2.45. The van der Waals surface area contributed by atoms with Crippen LogP contribution in [0.1, 0.15) is 51.0 Å². The first-order valence-electron chi connectivity index (χ1n) is 12.2. The van der Waals surface area contributed by atoms with E-state index in [0.717, 1.165) is 67.1 Å². The molecule has 2 bridgehead atoms. The largest absolute Gasteiger partial charge is 0.443 e. The molecule has 2 unspecified atom stereocenters. The molecule has 3 aliphatic rings. The molecule has 10 nitrogen and oxygen atoms in total. The van der Waals surface area contributed by atoms with Crippen LogP contribution in [-0.4, -0.2) is 73.1 Å². The van der Waals surface area contributed by atoms with Crippen LogP contribution in [0.3, 0.4) is 0 Å². The summed E-state index contributed by atoms with van der Waals surface area (Å²) in [7, 11) is 0. The maximum atomic E-state index is 12.8. The summed E-state index contributed by atoms with van der Waals surface area (Å²) in [6.45, 7) is 5.82. The van der Waals surface area contributed by atoms with Gasteiger partial charge in [0.2, 0.25) is 0 Å². The van der Waals surface area contributed by atoms with Crippen molar-refractivity contribution >= 4 is 17.6 Å². The van der Waals surface area contributed by atoms with Gasteiger partial charge >= 0.3 is 6.09 Å². The molecule has 34 heavy (non-hydrogen) atoms. The van der Waals surface area contributed by atoms with E-state index in [2.05, 4.69) is 39.8 Å². The Balaban J connectivity index is 1.27. The lowest BCUT2D eigenvalue weighted by Crippen LogP contribution is -2.55. The zero-order valence-corrected chi connectivity index (χ0v) is 19.5. The Labute approximate surface area is 198 Å². The first-order chi connectivity index (χ1) is 16.6. The summed E-state index contributed by atoms with van der Waals surface area (Å²) < 4.78 is 7.58. The van der Waals surface area contributed by atoms with E-state index in [4.69, 9.17) is 9.72 Å². The van der Waals surface area contributed by atoms with Crippen LogP contribution in [0.25, 0.3) is 16.9 Å². The van der Waals surface area contributed by atoms with Crippen molar-refractivity contribution in [1.29, 1.82) is 0 Å². The van der Waals surface area contributed by atoms with Crippen molar-refractivity contribution in [2.75, 3.05) is 18.4 Å². The van der Waals surface area contributed by atoms with E-state index in [-0.39, 0.29) is 30.3 Å². The van der Waals surface area contributed by atoms with Crippen LogP contribution in [0.2, 0.25) is 0 Å². The minimum atomic E-state index is -0.148. The number of hydrogen-bond acceptors (Lipinski definition) is 8. The van der Waals surface area contributed by atoms with E-state index in [0.29, 0.717) is 5.92 Å². The molecule has 178 valence electrons. The third-order valence-corrected chi connectivity index (χ3v) is 7.31. The van der Waals surface area contributed by atoms with Crippen LogP contribution in [0.5, 0.6) is 0 Å². The average Bonchev–Trinajstić information content (AvgIpc) is 3.36. The van der Waals surface area contributed by atoms with Crippen molar-refractivity contribution in [3.05, 3.63) is 36.3 Å². The van der Waals surface area contributed by atoms with Crippen LogP contribution in [-0.2, 0) is 4.74 Å². The van der Waals surface area contributed by atoms with Gasteiger partial charge in [-0.05, 0) is 37.7 Å². The Morgan fingerprint density at radius 1 is 1.18 bits per heavy atom. The van der Waals surface area contributed by atoms with Crippen LogP contribution < -0.4 is 10.6 Å². The first kappa shape index (κ1) is 21.3. The number of anilines is 1. The van der Waals surface area contributed by atoms with Gasteiger partial charge in [0.1, 0.15) is 11.9 Å². The molecule has 6 rings (SSSR count). The van der Waals surface area contributed by atoms with Crippen LogP contribution in [0, 0.1) is 0 Å². The molecule has 2 atom stereocenters. The van der Waals surface area contributed by atoms with Crippen molar-refractivity contribution < 1.29 is 9.53 Å². The number of aromatic nitrogens is 5. The zero-order chi connectivity index (χ0) is 23.2. The molecular formula is C24H30N8O2. The fourth-order valence-electron chi connectivity index (χ4n) is 5.43. The maximum Gasteiger partial charge on any atom is 0.410 e. The number of carbonyl (C=O) groups excluding carboxylic acids is 1. The Hall–Kier alpha value is -3.27. The number of piperidine rings is 1. The second-order valence-electron chi connectivity index (χ2n) is 9.92. The van der Waals surface area contributed by atoms with E-state index in [1.807, 2.05) is 27.7 Å². The van der Waals surface area contributed by atoms with Gasteiger partial charge in [-0.25, -0.2) is 9.78 Å². The summed E-state index contributed by atoms with van der Waals surface area (Å²) in [5.41, 5.74) is 3.71. The summed E-state index contributed by atoms with van der Waals surface area (Å²) in [5.74, 6) is 1.21. The normalized spacial score (nSPS) is 24.4. The van der Waals surface area contributed by atoms with Gasteiger partial charge in [-0.15, -0.1) is 0 Å². The molecule has 0 saturated carbocycles. The van der Waals surface area contributed by atoms with Crippen molar-refractivity contribution in [3.8, 4) is 11.3 Å². The molecule has 3 fully saturated rings. The van der Waals surface area contributed by atoms with E-state index in [9.17, 15) is 4.79 Å². The van der Waals surface area contributed by atoms with Crippen LogP contribution >= 0.6 is 0 Å². The highest BCUT2D eigenvalue weighted by Crippen LogP contribution is 2.38. The number of nitrogens with one attached hydrogen (secondary N) is 2. The van der Waals surface area contributed by atoms with Gasteiger partial charge in [0.05, 0.1) is 24.3 Å². The minimum absolute atomic E-state index is 0.0175. The van der Waals surface area contributed by atoms with Crippen LogP contribution in [0.4, 0.5) is 10.6 Å². The first-order valence-corrected chi connectivity index (χ1v) is 12.2. The predicted octanol–water partition coefficient (Wildman–Crippen LogP) is 2.83. The highest BCUT2D eigenvalue weighted by molar-refractivity contribution is 5.70. The summed E-state index contributed by atoms with van der Waals surface area (Å²) in [4.78, 5) is 19.7. The molecular weight excluding hydrogens is 432 g/mol. The van der Waals surface area contributed by atoms with E-state index in [1.165, 1.54) is 0 Å². The van der Waals surface area contributed by atoms with Crippen molar-refractivity contribution in [3.63, 3.8) is 0 Å². The Kier molecular flexibility index (Phi) is 5.32. The van der Waals surface area contributed by atoms with Crippen molar-refractivity contribution in [2.45, 2.75) is 69.7 Å². The lowest BCUT2D eigenvalue weighted by atomic mass is 9.97. The molecule has 3 aromatic heterocycles. The fraction of sp³-hybridized carbons (Fsp3) is 0.542. The van der Waals surface area contributed by atoms with Crippen molar-refractivity contribution in [2.24, 2.45) is 0 Å². The summed E-state index contributed by atoms with van der Waals surface area (Å²) in [6, 6.07) is 4.62. The summed E-state index contributed by atoms with van der Waals surface area (Å²) >= 11 is 0. The molecule has 3 aliphatic heterocycles. The number of hydrogen-bond donors (Lipinski definition) is 2. The second kappa shape index (κ2) is 8.50. The van der Waals surface area contributed by atoms with Gasteiger partial charge in [-0.1, -0.05) is 13.8 Å². The van der Waals surface area contributed by atoms with E-state index in [1.54, 1.807) is 12.4 Å². The second-order valence-corrected chi connectivity index (χ2v) is 9.92. The molecule has 3 saturated heterocycles. The highest BCUT2D eigenvalue weighted by atomic mass is 16.6. The third kappa shape index (κ3) is 3.75. The van der Waals surface area contributed by atoms with Gasteiger partial charge in [-0.3, -0.25) is 0 Å². The zero-order valence-electron chi connectivity index (χ0n) is 19.5.